The Balaban J connectivity index is 6.64. The van der Waals surface area contributed by atoms with Gasteiger partial charge >= 0.3 is 5.97 Å². The molecule has 0 radical (unpaired) electrons. The van der Waals surface area contributed by atoms with E-state index in [4.69, 9.17) is 13.6 Å². The lowest BCUT2D eigenvalue weighted by Gasteiger charge is -2.46. The number of carbonyl (C=O) groups excluding carboxylic acids is 3. The molecule has 0 aliphatic heterocycles. The molecule has 0 aromatic rings. The van der Waals surface area contributed by atoms with Crippen molar-refractivity contribution in [3.05, 3.63) is 36.5 Å². The van der Waals surface area contributed by atoms with Crippen LogP contribution in [0, 0.1) is 17.3 Å². The summed E-state index contributed by atoms with van der Waals surface area (Å²) in [5, 5.41) is -0.173. The van der Waals surface area contributed by atoms with Gasteiger partial charge in [-0.25, -0.2) is 0 Å². The van der Waals surface area contributed by atoms with Gasteiger partial charge in [-0.15, -0.1) is 6.58 Å². The lowest BCUT2D eigenvalue weighted by atomic mass is 9.73. The highest BCUT2D eigenvalue weighted by molar-refractivity contribution is 6.74. The first-order valence-corrected chi connectivity index (χ1v) is 22.5. The summed E-state index contributed by atoms with van der Waals surface area (Å²) in [7, 11) is -4.65. The summed E-state index contributed by atoms with van der Waals surface area (Å²) in [4.78, 5) is 40.6. The summed E-state index contributed by atoms with van der Waals surface area (Å²) in [6.45, 7) is 38.6. The highest BCUT2D eigenvalue weighted by Crippen LogP contribution is 2.44. The van der Waals surface area contributed by atoms with E-state index < -0.39 is 46.1 Å². The lowest BCUT2D eigenvalue weighted by Crippen LogP contribution is -2.54. The highest BCUT2D eigenvalue weighted by atomic mass is 28.4. The Morgan fingerprint density at radius 1 is 0.844 bits per heavy atom. The molecular weight excluding hydrogens is 597 g/mol. The number of hydrogen-bond acceptors (Lipinski definition) is 6. The zero-order valence-corrected chi connectivity index (χ0v) is 34.0. The number of ether oxygens (including phenoxy) is 1. The normalized spacial score (nSPS) is 17.4. The van der Waals surface area contributed by atoms with Gasteiger partial charge in [-0.3, -0.25) is 14.4 Å². The maximum Gasteiger partial charge on any atom is 0.309 e. The number of allylic oxidation sites excluding steroid dienone is 3. The van der Waals surface area contributed by atoms with Crippen LogP contribution in [0.3, 0.4) is 0 Å². The van der Waals surface area contributed by atoms with E-state index in [1.165, 1.54) is 6.92 Å². The average molecular weight is 665 g/mol. The largest absolute Gasteiger partial charge is 0.454 e. The molecule has 45 heavy (non-hydrogen) atoms. The van der Waals surface area contributed by atoms with Crippen LogP contribution in [0.1, 0.15) is 109 Å². The maximum absolute atomic E-state index is 14.6. The van der Waals surface area contributed by atoms with Crippen molar-refractivity contribution in [1.29, 1.82) is 0 Å². The molecule has 0 aliphatic rings. The molecule has 0 fully saturated rings. The van der Waals surface area contributed by atoms with Crippen LogP contribution < -0.4 is 0 Å². The zero-order valence-electron chi connectivity index (χ0n) is 32.0. The lowest BCUT2D eigenvalue weighted by molar-refractivity contribution is -0.158. The molecule has 0 N–H and O–H groups in total. The Kier molecular flexibility index (Phi) is 16.4. The van der Waals surface area contributed by atoms with Crippen LogP contribution in [0.15, 0.2) is 36.5 Å². The number of carbonyl (C=O) groups is 3. The fourth-order valence-corrected chi connectivity index (χ4v) is 7.64. The number of rotatable bonds is 18. The smallest absolute Gasteiger partial charge is 0.309 e. The third-order valence-corrected chi connectivity index (χ3v) is 19.0. The van der Waals surface area contributed by atoms with Gasteiger partial charge in [-0.1, -0.05) is 99.1 Å². The second kappa shape index (κ2) is 17.0. The van der Waals surface area contributed by atoms with E-state index >= 15 is 0 Å². The van der Waals surface area contributed by atoms with Gasteiger partial charge in [0.2, 0.25) is 0 Å². The Labute approximate surface area is 279 Å². The Bertz CT molecular complexity index is 1070. The van der Waals surface area contributed by atoms with Gasteiger partial charge in [0.05, 0.1) is 18.6 Å². The van der Waals surface area contributed by atoms with Crippen molar-refractivity contribution in [2.24, 2.45) is 17.3 Å². The first kappa shape index (κ1) is 43.4. The SMILES string of the molecule is C=CC/C(C)=C\C[C@H](OC(=O)C[C@H](O[Si](C)(C)C(C)(C)C)C(C)(C)C(=O)[C@H](C)[C@@H](O[Si](C)(C)C(C)(C)C)[C@@H](C)/C=C\C)C(C)=O. The topological polar surface area (TPSA) is 78.9 Å². The molecule has 0 amide bonds. The van der Waals surface area contributed by atoms with Gasteiger partial charge in [0, 0.05) is 17.8 Å². The van der Waals surface area contributed by atoms with Crippen LogP contribution in [0.5, 0.6) is 0 Å². The van der Waals surface area contributed by atoms with E-state index in [-0.39, 0.29) is 40.1 Å². The predicted molar refractivity (Wildman–Crippen MR) is 194 cm³/mol. The molecule has 260 valence electrons. The maximum atomic E-state index is 14.6. The minimum atomic E-state index is -2.43. The molecule has 0 aliphatic carbocycles. The fraction of sp³-hybridized carbons (Fsp3) is 0.757. The van der Waals surface area contributed by atoms with Gasteiger partial charge in [0.15, 0.2) is 28.5 Å². The van der Waals surface area contributed by atoms with Crippen molar-refractivity contribution < 1.29 is 28.0 Å². The molecule has 0 saturated heterocycles. The quantitative estimate of drug-likeness (QED) is 0.0824. The second-order valence-corrected chi connectivity index (χ2v) is 26.1. The van der Waals surface area contributed by atoms with Crippen molar-refractivity contribution >= 4 is 34.2 Å². The number of Topliss-reactive ketones (excluding diaryl/α,β-unsaturated/α-hetero) is 2. The molecule has 0 unspecified atom stereocenters. The summed E-state index contributed by atoms with van der Waals surface area (Å²) in [5.74, 6) is -1.22. The van der Waals surface area contributed by atoms with Gasteiger partial charge < -0.3 is 13.6 Å². The molecular formula is C37H68O6Si2. The van der Waals surface area contributed by atoms with Gasteiger partial charge in [0.1, 0.15) is 5.78 Å². The van der Waals surface area contributed by atoms with Crippen molar-refractivity contribution in [3.63, 3.8) is 0 Å². The summed E-state index contributed by atoms with van der Waals surface area (Å²) in [6, 6.07) is 0. The minimum absolute atomic E-state index is 0.00910. The Morgan fingerprint density at radius 3 is 1.76 bits per heavy atom. The minimum Gasteiger partial charge on any atom is -0.454 e. The molecule has 6 nitrogen and oxygen atoms in total. The summed E-state index contributed by atoms with van der Waals surface area (Å²) >= 11 is 0. The number of esters is 1. The molecule has 0 rings (SSSR count). The fourth-order valence-electron chi connectivity index (χ4n) is 4.74. The Hall–Kier alpha value is -1.62. The second-order valence-electron chi connectivity index (χ2n) is 16.5. The third-order valence-electron chi connectivity index (χ3n) is 10.1. The zero-order chi connectivity index (χ0) is 35.8. The summed E-state index contributed by atoms with van der Waals surface area (Å²) in [5.41, 5.74) is 0.0129. The standard InChI is InChI=1S/C37H68O6Si2/c1-19-21-26(3)23-24-30(29(6)38)41-32(39)25-31(42-44(15,16)35(7,8)9)37(13,14)34(40)28(5)33(27(4)22-20-2)43-45(17,18)36(10,11)12/h19-20,22-23,27-28,30-31,33H,1,21,24-25H2,2-18H3/b22-20-,26-23-/t27-,28+,30-,31-,33-/m0/s1. The van der Waals surface area contributed by atoms with Crippen LogP contribution in [0.4, 0.5) is 0 Å². The van der Waals surface area contributed by atoms with Crippen molar-refractivity contribution in [2.45, 2.75) is 164 Å². The van der Waals surface area contributed by atoms with E-state index in [1.807, 2.05) is 46.8 Å². The van der Waals surface area contributed by atoms with E-state index in [0.29, 0.717) is 12.8 Å². The van der Waals surface area contributed by atoms with E-state index in [0.717, 1.165) is 5.57 Å². The van der Waals surface area contributed by atoms with Crippen molar-refractivity contribution in [1.82, 2.24) is 0 Å². The predicted octanol–water partition coefficient (Wildman–Crippen LogP) is 10.0. The van der Waals surface area contributed by atoms with Gasteiger partial charge in [-0.05, 0) is 69.4 Å². The Morgan fingerprint density at radius 2 is 1.33 bits per heavy atom. The molecule has 8 heteroatoms. The number of hydrogen-bond donors (Lipinski definition) is 0. The first-order valence-electron chi connectivity index (χ1n) is 16.7. The first-order chi connectivity index (χ1) is 20.2. The molecule has 0 bridgehead atoms. The average Bonchev–Trinajstić information content (AvgIpc) is 2.87. The highest BCUT2D eigenvalue weighted by Gasteiger charge is 2.50. The summed E-state index contributed by atoms with van der Waals surface area (Å²) < 4.78 is 19.6. The third kappa shape index (κ3) is 12.8. The van der Waals surface area contributed by atoms with Crippen LogP contribution in [-0.4, -0.2) is 52.5 Å². The van der Waals surface area contributed by atoms with Crippen molar-refractivity contribution in [2.75, 3.05) is 0 Å². The molecule has 0 saturated carbocycles. The monoisotopic (exact) mass is 664 g/mol. The van der Waals surface area contributed by atoms with Crippen LogP contribution in [0.25, 0.3) is 0 Å². The van der Waals surface area contributed by atoms with E-state index in [2.05, 4.69) is 87.3 Å². The number of ketones is 2. The molecule has 5 atom stereocenters. The van der Waals surface area contributed by atoms with Crippen LogP contribution in [-0.2, 0) is 28.0 Å². The van der Waals surface area contributed by atoms with E-state index in [9.17, 15) is 14.4 Å². The molecule has 0 aromatic heterocycles. The van der Waals surface area contributed by atoms with Gasteiger partial charge in [0.25, 0.3) is 0 Å². The molecule has 0 heterocycles. The molecule has 0 aromatic carbocycles. The van der Waals surface area contributed by atoms with E-state index in [1.54, 1.807) is 6.08 Å². The van der Waals surface area contributed by atoms with Gasteiger partial charge in [-0.2, -0.15) is 0 Å². The van der Waals surface area contributed by atoms with Crippen LogP contribution in [0.2, 0.25) is 36.3 Å². The molecule has 0 spiro atoms. The van der Waals surface area contributed by atoms with Crippen LogP contribution >= 0.6 is 0 Å². The summed E-state index contributed by atoms with van der Waals surface area (Å²) in [6.07, 6.45) is 6.71. The van der Waals surface area contributed by atoms with Crippen molar-refractivity contribution in [3.8, 4) is 0 Å².